The van der Waals surface area contributed by atoms with Crippen LogP contribution in [0, 0.1) is 5.41 Å². The van der Waals surface area contributed by atoms with E-state index in [2.05, 4.69) is 43.8 Å². The van der Waals surface area contributed by atoms with Crippen molar-refractivity contribution in [2.24, 2.45) is 5.41 Å². The molecule has 1 fully saturated rings. The number of aromatic nitrogens is 1. The van der Waals surface area contributed by atoms with Crippen LogP contribution in [-0.4, -0.2) is 22.6 Å². The third-order valence-corrected chi connectivity index (χ3v) is 3.62. The normalized spacial score (nSPS) is 23.9. The average Bonchev–Trinajstić information content (AvgIpc) is 2.77. The van der Waals surface area contributed by atoms with Gasteiger partial charge in [0.25, 0.3) is 0 Å². The minimum Gasteiger partial charge on any atom is -0.291 e. The standard InChI is InChI=1S/C14H22N2O/c1-11(14(2,3)4)16-9-7-13(17-16)12-6-5-8-15-10-12/h5-6,8,10-11,13H,7,9H2,1-4H3. The molecule has 0 aromatic carbocycles. The first-order valence-corrected chi connectivity index (χ1v) is 6.32. The zero-order valence-corrected chi connectivity index (χ0v) is 11.2. The van der Waals surface area contributed by atoms with Gasteiger partial charge in [-0.15, -0.1) is 0 Å². The van der Waals surface area contributed by atoms with Crippen molar-refractivity contribution in [2.75, 3.05) is 6.54 Å². The van der Waals surface area contributed by atoms with E-state index in [0.717, 1.165) is 13.0 Å². The van der Waals surface area contributed by atoms with Gasteiger partial charge in [-0.2, -0.15) is 5.06 Å². The molecule has 1 aromatic rings. The first-order chi connectivity index (χ1) is 7.98. The molecule has 2 unspecified atom stereocenters. The molecule has 1 saturated heterocycles. The Labute approximate surface area is 104 Å². The van der Waals surface area contributed by atoms with Crippen LogP contribution in [0.4, 0.5) is 0 Å². The molecule has 94 valence electrons. The van der Waals surface area contributed by atoms with E-state index < -0.39 is 0 Å². The van der Waals surface area contributed by atoms with Crippen molar-refractivity contribution in [2.45, 2.75) is 46.3 Å². The van der Waals surface area contributed by atoms with Crippen LogP contribution in [0.15, 0.2) is 24.5 Å². The van der Waals surface area contributed by atoms with Gasteiger partial charge in [0.2, 0.25) is 0 Å². The number of hydroxylamine groups is 2. The topological polar surface area (TPSA) is 25.4 Å². The van der Waals surface area contributed by atoms with Crippen molar-refractivity contribution in [1.82, 2.24) is 10.0 Å². The minimum atomic E-state index is 0.175. The third kappa shape index (κ3) is 2.85. The first-order valence-electron chi connectivity index (χ1n) is 6.32. The predicted octanol–water partition coefficient (Wildman–Crippen LogP) is 3.19. The van der Waals surface area contributed by atoms with E-state index >= 15 is 0 Å². The van der Waals surface area contributed by atoms with Crippen molar-refractivity contribution in [1.29, 1.82) is 0 Å². The summed E-state index contributed by atoms with van der Waals surface area (Å²) in [6.07, 6.45) is 4.92. The van der Waals surface area contributed by atoms with Gasteiger partial charge in [0.05, 0.1) is 0 Å². The summed E-state index contributed by atoms with van der Waals surface area (Å²) in [6.45, 7) is 9.97. The molecule has 0 aliphatic carbocycles. The van der Waals surface area contributed by atoms with Crippen LogP contribution in [0.1, 0.15) is 45.8 Å². The maximum atomic E-state index is 6.03. The number of rotatable bonds is 2. The average molecular weight is 234 g/mol. The second-order valence-corrected chi connectivity index (χ2v) is 5.85. The maximum Gasteiger partial charge on any atom is 0.107 e. The summed E-state index contributed by atoms with van der Waals surface area (Å²) in [6, 6.07) is 4.47. The van der Waals surface area contributed by atoms with Gasteiger partial charge in [0, 0.05) is 30.5 Å². The predicted molar refractivity (Wildman–Crippen MR) is 68.3 cm³/mol. The molecule has 2 heterocycles. The molecule has 0 amide bonds. The van der Waals surface area contributed by atoms with Crippen LogP contribution in [0.2, 0.25) is 0 Å². The molecule has 1 aliphatic rings. The summed E-state index contributed by atoms with van der Waals surface area (Å²) in [4.78, 5) is 10.2. The van der Waals surface area contributed by atoms with Crippen molar-refractivity contribution >= 4 is 0 Å². The lowest BCUT2D eigenvalue weighted by atomic mass is 9.88. The van der Waals surface area contributed by atoms with Crippen LogP contribution in [0.25, 0.3) is 0 Å². The molecule has 0 radical (unpaired) electrons. The highest BCUT2D eigenvalue weighted by Crippen LogP contribution is 2.34. The van der Waals surface area contributed by atoms with E-state index in [1.165, 1.54) is 5.56 Å². The molecule has 0 spiro atoms. The largest absolute Gasteiger partial charge is 0.291 e. The minimum absolute atomic E-state index is 0.175. The summed E-state index contributed by atoms with van der Waals surface area (Å²) >= 11 is 0. The van der Waals surface area contributed by atoms with Gasteiger partial charge in [-0.3, -0.25) is 9.82 Å². The number of pyridine rings is 1. The fourth-order valence-electron chi connectivity index (χ4n) is 2.02. The molecular formula is C14H22N2O. The van der Waals surface area contributed by atoms with E-state index in [4.69, 9.17) is 4.84 Å². The van der Waals surface area contributed by atoms with Crippen LogP contribution >= 0.6 is 0 Å². The van der Waals surface area contributed by atoms with E-state index in [9.17, 15) is 0 Å². The Kier molecular flexibility index (Phi) is 3.50. The second kappa shape index (κ2) is 4.75. The molecule has 0 saturated carbocycles. The van der Waals surface area contributed by atoms with E-state index in [1.807, 2.05) is 12.3 Å². The second-order valence-electron chi connectivity index (χ2n) is 5.85. The first kappa shape index (κ1) is 12.5. The van der Waals surface area contributed by atoms with E-state index in [-0.39, 0.29) is 11.5 Å². The monoisotopic (exact) mass is 234 g/mol. The fourth-order valence-corrected chi connectivity index (χ4v) is 2.02. The van der Waals surface area contributed by atoms with Crippen LogP contribution < -0.4 is 0 Å². The van der Waals surface area contributed by atoms with Crippen molar-refractivity contribution < 1.29 is 4.84 Å². The molecule has 1 aliphatic heterocycles. The Hall–Kier alpha value is -0.930. The molecular weight excluding hydrogens is 212 g/mol. The SMILES string of the molecule is CC(N1CCC(c2cccnc2)O1)C(C)(C)C. The van der Waals surface area contributed by atoms with Crippen molar-refractivity contribution in [3.05, 3.63) is 30.1 Å². The zero-order valence-electron chi connectivity index (χ0n) is 11.2. The summed E-state index contributed by atoms with van der Waals surface area (Å²) in [5.41, 5.74) is 1.42. The number of nitrogens with zero attached hydrogens (tertiary/aromatic N) is 2. The summed E-state index contributed by atoms with van der Waals surface area (Å²) in [7, 11) is 0. The molecule has 2 rings (SSSR count). The van der Waals surface area contributed by atoms with Crippen molar-refractivity contribution in [3.8, 4) is 0 Å². The quantitative estimate of drug-likeness (QED) is 0.785. The van der Waals surface area contributed by atoms with Gasteiger partial charge < -0.3 is 0 Å². The highest BCUT2D eigenvalue weighted by molar-refractivity contribution is 5.12. The van der Waals surface area contributed by atoms with Gasteiger partial charge in [0.1, 0.15) is 6.10 Å². The van der Waals surface area contributed by atoms with Gasteiger partial charge >= 0.3 is 0 Å². The zero-order chi connectivity index (χ0) is 12.5. The molecule has 0 N–H and O–H groups in total. The Morgan fingerprint density at radius 3 is 2.82 bits per heavy atom. The Bertz CT molecular complexity index is 358. The molecule has 0 bridgehead atoms. The van der Waals surface area contributed by atoms with Crippen LogP contribution in [0.3, 0.4) is 0 Å². The highest BCUT2D eigenvalue weighted by atomic mass is 16.7. The lowest BCUT2D eigenvalue weighted by Crippen LogP contribution is -2.39. The Balaban J connectivity index is 2.01. The molecule has 3 heteroatoms. The van der Waals surface area contributed by atoms with Gasteiger partial charge in [0.15, 0.2) is 0 Å². The molecule has 1 aromatic heterocycles. The lowest BCUT2D eigenvalue weighted by molar-refractivity contribution is -0.189. The maximum absolute atomic E-state index is 6.03. The fraction of sp³-hybridized carbons (Fsp3) is 0.643. The number of hydrogen-bond donors (Lipinski definition) is 0. The molecule has 17 heavy (non-hydrogen) atoms. The van der Waals surface area contributed by atoms with Crippen molar-refractivity contribution in [3.63, 3.8) is 0 Å². The Morgan fingerprint density at radius 2 is 2.24 bits per heavy atom. The van der Waals surface area contributed by atoms with Gasteiger partial charge in [-0.25, -0.2) is 0 Å². The summed E-state index contributed by atoms with van der Waals surface area (Å²) in [5, 5.41) is 2.12. The Morgan fingerprint density at radius 1 is 1.47 bits per heavy atom. The van der Waals surface area contributed by atoms with Gasteiger partial charge in [-0.05, 0) is 24.8 Å². The lowest BCUT2D eigenvalue weighted by Gasteiger charge is -2.34. The van der Waals surface area contributed by atoms with Crippen LogP contribution in [0.5, 0.6) is 0 Å². The smallest absolute Gasteiger partial charge is 0.107 e. The molecule has 3 nitrogen and oxygen atoms in total. The highest BCUT2D eigenvalue weighted by Gasteiger charge is 2.33. The molecule has 2 atom stereocenters. The summed E-state index contributed by atoms with van der Waals surface area (Å²) in [5.74, 6) is 0. The van der Waals surface area contributed by atoms with Crippen LogP contribution in [-0.2, 0) is 4.84 Å². The van der Waals surface area contributed by atoms with E-state index in [1.54, 1.807) is 6.20 Å². The third-order valence-electron chi connectivity index (χ3n) is 3.62. The van der Waals surface area contributed by atoms with Gasteiger partial charge in [-0.1, -0.05) is 26.8 Å². The summed E-state index contributed by atoms with van der Waals surface area (Å²) < 4.78 is 0. The number of hydrogen-bond acceptors (Lipinski definition) is 3. The van der Waals surface area contributed by atoms with E-state index in [0.29, 0.717) is 6.04 Å².